The third kappa shape index (κ3) is 2.09. The van der Waals surface area contributed by atoms with Crippen molar-refractivity contribution in [3.63, 3.8) is 0 Å². The highest BCUT2D eigenvalue weighted by molar-refractivity contribution is 6.68. The quantitative estimate of drug-likeness (QED) is 0.768. The van der Waals surface area contributed by atoms with Gasteiger partial charge < -0.3 is 4.74 Å². The van der Waals surface area contributed by atoms with Crippen molar-refractivity contribution in [2.75, 3.05) is 7.11 Å². The van der Waals surface area contributed by atoms with E-state index in [4.69, 9.17) is 16.9 Å². The molecule has 7 heteroatoms. The van der Waals surface area contributed by atoms with E-state index < -0.39 is 28.4 Å². The molecule has 0 bridgehead atoms. The van der Waals surface area contributed by atoms with Gasteiger partial charge in [0.1, 0.15) is 11.6 Å². The van der Waals surface area contributed by atoms with Gasteiger partial charge in [0.25, 0.3) is 11.7 Å². The van der Waals surface area contributed by atoms with Gasteiger partial charge in [0, 0.05) is 6.20 Å². The highest BCUT2D eigenvalue weighted by Crippen LogP contribution is 2.29. The molecular formula is C9H5ClF2N2O2. The summed E-state index contributed by atoms with van der Waals surface area (Å²) in [6.45, 7) is 0. The summed E-state index contributed by atoms with van der Waals surface area (Å²) < 4.78 is 29.7. The van der Waals surface area contributed by atoms with Crippen molar-refractivity contribution < 1.29 is 18.3 Å². The van der Waals surface area contributed by atoms with Crippen LogP contribution >= 0.6 is 11.6 Å². The molecule has 0 saturated carbocycles. The molecule has 0 N–H and O–H groups in total. The Morgan fingerprint density at radius 1 is 1.69 bits per heavy atom. The second-order valence-corrected chi connectivity index (χ2v) is 3.00. The third-order valence-electron chi connectivity index (χ3n) is 1.81. The Kier molecular flexibility index (Phi) is 3.74. The summed E-state index contributed by atoms with van der Waals surface area (Å²) in [6, 6.07) is 1.50. The molecule has 16 heavy (non-hydrogen) atoms. The van der Waals surface area contributed by atoms with Crippen LogP contribution in [-0.2, 0) is 0 Å². The van der Waals surface area contributed by atoms with Crippen LogP contribution in [0, 0.1) is 11.3 Å². The van der Waals surface area contributed by atoms with Gasteiger partial charge in [-0.1, -0.05) is 0 Å². The molecule has 84 valence electrons. The molecule has 0 radical (unpaired) electrons. The van der Waals surface area contributed by atoms with E-state index in [-0.39, 0.29) is 5.88 Å². The molecule has 0 aliphatic heterocycles. The highest BCUT2D eigenvalue weighted by atomic mass is 35.5. The van der Waals surface area contributed by atoms with Crippen molar-refractivity contribution in [2.45, 2.75) is 6.43 Å². The molecule has 1 rings (SSSR count). The van der Waals surface area contributed by atoms with Crippen molar-refractivity contribution in [1.29, 1.82) is 5.26 Å². The number of carbonyl (C=O) groups is 1. The summed E-state index contributed by atoms with van der Waals surface area (Å²) >= 11 is 5.19. The molecule has 1 aromatic heterocycles. The first-order valence-electron chi connectivity index (χ1n) is 3.97. The predicted octanol–water partition coefficient (Wildman–Crippen LogP) is 2.28. The van der Waals surface area contributed by atoms with Gasteiger partial charge in [-0.25, -0.2) is 13.8 Å². The second-order valence-electron chi connectivity index (χ2n) is 2.66. The normalized spacial score (nSPS) is 10.0. The minimum absolute atomic E-state index is 0.249. The molecule has 0 aliphatic carbocycles. The highest BCUT2D eigenvalue weighted by Gasteiger charge is 2.24. The number of ether oxygens (including phenoxy) is 1. The van der Waals surface area contributed by atoms with Gasteiger partial charge in [0.2, 0.25) is 5.88 Å². The lowest BCUT2D eigenvalue weighted by molar-refractivity contribution is 0.107. The molecule has 0 atom stereocenters. The number of halogens is 3. The topological polar surface area (TPSA) is 63.0 Å². The maximum Gasteiger partial charge on any atom is 0.266 e. The van der Waals surface area contributed by atoms with Crippen LogP contribution in [-0.4, -0.2) is 17.3 Å². The van der Waals surface area contributed by atoms with Gasteiger partial charge in [-0.2, -0.15) is 5.26 Å². The lowest BCUT2D eigenvalue weighted by Gasteiger charge is -2.08. The van der Waals surface area contributed by atoms with Gasteiger partial charge in [-0.3, -0.25) is 4.79 Å². The first-order chi connectivity index (χ1) is 7.52. The fourth-order valence-electron chi connectivity index (χ4n) is 1.13. The summed E-state index contributed by atoms with van der Waals surface area (Å²) in [6.07, 6.45) is -2.13. The Bertz CT molecular complexity index is 471. The summed E-state index contributed by atoms with van der Waals surface area (Å²) in [4.78, 5) is 14.5. The molecule has 1 aromatic rings. The van der Waals surface area contributed by atoms with Crippen LogP contribution < -0.4 is 4.74 Å². The smallest absolute Gasteiger partial charge is 0.266 e. The lowest BCUT2D eigenvalue weighted by atomic mass is 10.1. The number of alkyl halides is 2. The van der Waals surface area contributed by atoms with Crippen molar-refractivity contribution in [1.82, 2.24) is 4.98 Å². The van der Waals surface area contributed by atoms with E-state index >= 15 is 0 Å². The molecular weight excluding hydrogens is 242 g/mol. The van der Waals surface area contributed by atoms with Crippen molar-refractivity contribution >= 4 is 16.8 Å². The number of methoxy groups -OCH3 is 1. The summed E-state index contributed by atoms with van der Waals surface area (Å²) in [5, 5.41) is 7.67. The first-order valence-corrected chi connectivity index (χ1v) is 4.35. The summed E-state index contributed by atoms with van der Waals surface area (Å²) in [5.74, 6) is -0.249. The zero-order valence-corrected chi connectivity index (χ0v) is 8.76. The van der Waals surface area contributed by atoms with Crippen molar-refractivity contribution in [3.05, 3.63) is 22.9 Å². The number of hydrogen-bond acceptors (Lipinski definition) is 4. The summed E-state index contributed by atoms with van der Waals surface area (Å²) in [7, 11) is 1.19. The van der Waals surface area contributed by atoms with E-state index in [9.17, 15) is 13.6 Å². The van der Waals surface area contributed by atoms with Crippen LogP contribution in [0.5, 0.6) is 5.88 Å². The van der Waals surface area contributed by atoms with Crippen LogP contribution in [0.1, 0.15) is 27.9 Å². The number of nitrogens with zero attached hydrogens (tertiary/aromatic N) is 2. The molecule has 0 amide bonds. The molecule has 0 saturated heterocycles. The van der Waals surface area contributed by atoms with E-state index in [0.29, 0.717) is 0 Å². The lowest BCUT2D eigenvalue weighted by Crippen LogP contribution is -2.05. The molecule has 0 aliphatic rings. The van der Waals surface area contributed by atoms with Crippen LogP contribution in [0.2, 0.25) is 0 Å². The number of pyridine rings is 1. The Morgan fingerprint density at radius 2 is 2.31 bits per heavy atom. The molecule has 0 spiro atoms. The standard InChI is InChI=1S/C9H5ClF2N2O2/c1-16-9-6(7(10)15)4(2-13)5(3-14-9)8(11)12/h3,8H,1H3. The maximum absolute atomic E-state index is 12.5. The molecule has 4 nitrogen and oxygen atoms in total. The number of rotatable bonds is 3. The average Bonchev–Trinajstić information content (AvgIpc) is 2.26. The van der Waals surface area contributed by atoms with E-state index in [0.717, 1.165) is 6.20 Å². The van der Waals surface area contributed by atoms with E-state index in [1.165, 1.54) is 13.2 Å². The molecule has 0 unspecified atom stereocenters. The van der Waals surface area contributed by atoms with Gasteiger partial charge in [0.05, 0.1) is 18.2 Å². The monoisotopic (exact) mass is 246 g/mol. The summed E-state index contributed by atoms with van der Waals surface area (Å²) in [5.41, 5.74) is -1.60. The average molecular weight is 247 g/mol. The van der Waals surface area contributed by atoms with Crippen LogP contribution in [0.25, 0.3) is 0 Å². The fraction of sp³-hybridized carbons (Fsp3) is 0.222. The number of aromatic nitrogens is 1. The van der Waals surface area contributed by atoms with Gasteiger partial charge >= 0.3 is 0 Å². The van der Waals surface area contributed by atoms with Gasteiger partial charge in [-0.05, 0) is 11.6 Å². The molecule has 0 fully saturated rings. The third-order valence-corrected chi connectivity index (χ3v) is 2.00. The van der Waals surface area contributed by atoms with Crippen LogP contribution in [0.15, 0.2) is 6.20 Å². The van der Waals surface area contributed by atoms with Crippen molar-refractivity contribution in [2.24, 2.45) is 0 Å². The maximum atomic E-state index is 12.5. The van der Waals surface area contributed by atoms with E-state index in [1.54, 1.807) is 0 Å². The van der Waals surface area contributed by atoms with Crippen molar-refractivity contribution in [3.8, 4) is 11.9 Å². The first kappa shape index (κ1) is 12.3. The Morgan fingerprint density at radius 3 is 2.69 bits per heavy atom. The number of carbonyl (C=O) groups excluding carboxylic acids is 1. The SMILES string of the molecule is COc1ncc(C(F)F)c(C#N)c1C(=O)Cl. The zero-order valence-electron chi connectivity index (χ0n) is 8.00. The number of hydrogen-bond donors (Lipinski definition) is 0. The Hall–Kier alpha value is -1.74. The van der Waals surface area contributed by atoms with Crippen LogP contribution in [0.4, 0.5) is 8.78 Å². The van der Waals surface area contributed by atoms with Gasteiger partial charge in [-0.15, -0.1) is 0 Å². The molecule has 0 aromatic carbocycles. The van der Waals surface area contributed by atoms with Gasteiger partial charge in [0.15, 0.2) is 0 Å². The van der Waals surface area contributed by atoms with Crippen LogP contribution in [0.3, 0.4) is 0 Å². The van der Waals surface area contributed by atoms with E-state index in [2.05, 4.69) is 9.72 Å². The fourth-order valence-corrected chi connectivity index (χ4v) is 1.31. The minimum atomic E-state index is -2.91. The minimum Gasteiger partial charge on any atom is -0.480 e. The zero-order chi connectivity index (χ0) is 12.3. The predicted molar refractivity (Wildman–Crippen MR) is 50.6 cm³/mol. The Balaban J connectivity index is 3.58. The molecule has 1 heterocycles. The largest absolute Gasteiger partial charge is 0.480 e. The Labute approximate surface area is 94.4 Å². The number of nitriles is 1. The van der Waals surface area contributed by atoms with E-state index in [1.807, 2.05) is 0 Å². The second kappa shape index (κ2) is 4.86.